The van der Waals surface area contributed by atoms with E-state index in [1.54, 1.807) is 0 Å². The molecule has 74 valence electrons. The van der Waals surface area contributed by atoms with Crippen LogP contribution in [0, 0.1) is 0 Å². The van der Waals surface area contributed by atoms with Crippen molar-refractivity contribution >= 4 is 17.4 Å². The quantitative estimate of drug-likeness (QED) is 0.701. The minimum Gasteiger partial charge on any atom is -0.493 e. The van der Waals surface area contributed by atoms with Crippen molar-refractivity contribution in [3.8, 4) is 5.75 Å². The smallest absolute Gasteiger partial charge is 0.155 e. The van der Waals surface area contributed by atoms with Gasteiger partial charge in [0.1, 0.15) is 5.75 Å². The molecule has 0 fully saturated rings. The Balaban J connectivity index is 2.35. The van der Waals surface area contributed by atoms with Gasteiger partial charge in [-0.1, -0.05) is 18.2 Å². The number of alkyl halides is 1. The van der Waals surface area contributed by atoms with Crippen LogP contribution in [0.2, 0.25) is 0 Å². The van der Waals surface area contributed by atoms with Gasteiger partial charge in [-0.3, -0.25) is 4.79 Å². The first-order valence-electron chi connectivity index (χ1n) is 4.63. The Morgan fingerprint density at radius 3 is 3.07 bits per heavy atom. The molecular weight excluding hydrogens is 200 g/mol. The normalized spacial score (nSPS) is 19.6. The third-order valence-electron chi connectivity index (χ3n) is 2.48. The van der Waals surface area contributed by atoms with Crippen LogP contribution in [0.15, 0.2) is 24.3 Å². The summed E-state index contributed by atoms with van der Waals surface area (Å²) in [5.41, 5.74) is 0.976. The number of hydrogen-bond donors (Lipinski definition) is 0. The van der Waals surface area contributed by atoms with Crippen LogP contribution < -0.4 is 4.74 Å². The summed E-state index contributed by atoms with van der Waals surface area (Å²) >= 11 is 5.56. The van der Waals surface area contributed by atoms with Crippen molar-refractivity contribution in [1.82, 2.24) is 0 Å². The topological polar surface area (TPSA) is 26.3 Å². The van der Waals surface area contributed by atoms with E-state index in [4.69, 9.17) is 16.3 Å². The molecule has 0 saturated heterocycles. The molecule has 1 unspecified atom stereocenters. The summed E-state index contributed by atoms with van der Waals surface area (Å²) in [4.78, 5) is 11.5. The van der Waals surface area contributed by atoms with Crippen LogP contribution in [0.3, 0.4) is 0 Å². The third-order valence-corrected chi connectivity index (χ3v) is 2.74. The van der Waals surface area contributed by atoms with Gasteiger partial charge in [0.25, 0.3) is 0 Å². The lowest BCUT2D eigenvalue weighted by atomic mass is 9.90. The van der Waals surface area contributed by atoms with Crippen molar-refractivity contribution in [2.24, 2.45) is 0 Å². The van der Waals surface area contributed by atoms with Gasteiger partial charge in [0, 0.05) is 5.56 Å². The van der Waals surface area contributed by atoms with E-state index in [0.717, 1.165) is 17.7 Å². The molecule has 0 bridgehead atoms. The van der Waals surface area contributed by atoms with Crippen molar-refractivity contribution in [1.29, 1.82) is 0 Å². The standard InChI is InChI=1S/C11H11ClO2/c12-7-10(13)8-5-6-14-11-4-2-1-3-9(8)11/h1-4,8H,5-7H2. The second-order valence-electron chi connectivity index (χ2n) is 3.33. The van der Waals surface area contributed by atoms with Crippen molar-refractivity contribution in [3.63, 3.8) is 0 Å². The summed E-state index contributed by atoms with van der Waals surface area (Å²) in [6.45, 7) is 0.601. The Kier molecular flexibility index (Phi) is 2.73. The van der Waals surface area contributed by atoms with E-state index in [0.29, 0.717) is 6.61 Å². The van der Waals surface area contributed by atoms with Crippen LogP contribution in [-0.4, -0.2) is 18.3 Å². The number of rotatable bonds is 2. The number of halogens is 1. The average Bonchev–Trinajstić information content (AvgIpc) is 2.27. The predicted octanol–water partition coefficient (Wildman–Crippen LogP) is 2.36. The first-order valence-corrected chi connectivity index (χ1v) is 5.17. The van der Waals surface area contributed by atoms with E-state index in [1.165, 1.54) is 0 Å². The molecule has 1 aromatic carbocycles. The van der Waals surface area contributed by atoms with Crippen LogP contribution >= 0.6 is 11.6 Å². The molecule has 2 nitrogen and oxygen atoms in total. The fourth-order valence-corrected chi connectivity index (χ4v) is 1.96. The highest BCUT2D eigenvalue weighted by atomic mass is 35.5. The van der Waals surface area contributed by atoms with Gasteiger partial charge in [-0.15, -0.1) is 11.6 Å². The number of carbonyl (C=O) groups excluding carboxylic acids is 1. The molecule has 1 aromatic rings. The minimum atomic E-state index is -0.0718. The molecule has 14 heavy (non-hydrogen) atoms. The van der Waals surface area contributed by atoms with Crippen LogP contribution in [-0.2, 0) is 4.79 Å². The Hall–Kier alpha value is -1.02. The maximum Gasteiger partial charge on any atom is 0.155 e. The highest BCUT2D eigenvalue weighted by Crippen LogP contribution is 2.33. The zero-order chi connectivity index (χ0) is 9.97. The van der Waals surface area contributed by atoms with Crippen LogP contribution in [0.4, 0.5) is 0 Å². The predicted molar refractivity (Wildman–Crippen MR) is 55.0 cm³/mol. The van der Waals surface area contributed by atoms with Crippen LogP contribution in [0.5, 0.6) is 5.75 Å². The molecule has 0 N–H and O–H groups in total. The molecule has 0 spiro atoms. The zero-order valence-electron chi connectivity index (χ0n) is 7.70. The second kappa shape index (κ2) is 4.01. The monoisotopic (exact) mass is 210 g/mol. The summed E-state index contributed by atoms with van der Waals surface area (Å²) < 4.78 is 5.45. The number of carbonyl (C=O) groups is 1. The highest BCUT2D eigenvalue weighted by molar-refractivity contribution is 6.28. The Bertz CT molecular complexity index is 349. The Morgan fingerprint density at radius 1 is 1.50 bits per heavy atom. The van der Waals surface area contributed by atoms with Gasteiger partial charge in [0.2, 0.25) is 0 Å². The van der Waals surface area contributed by atoms with Gasteiger partial charge in [-0.05, 0) is 12.5 Å². The van der Waals surface area contributed by atoms with Gasteiger partial charge in [-0.25, -0.2) is 0 Å². The lowest BCUT2D eigenvalue weighted by Gasteiger charge is -2.24. The first kappa shape index (κ1) is 9.53. The molecule has 0 amide bonds. The van der Waals surface area contributed by atoms with Gasteiger partial charge >= 0.3 is 0 Å². The molecule has 0 aromatic heterocycles. The number of Topliss-reactive ketones (excluding diaryl/α,β-unsaturated/α-hetero) is 1. The van der Waals surface area contributed by atoms with Crippen molar-refractivity contribution in [3.05, 3.63) is 29.8 Å². The van der Waals surface area contributed by atoms with E-state index in [9.17, 15) is 4.79 Å². The minimum absolute atomic E-state index is 0.0718. The lowest BCUT2D eigenvalue weighted by molar-refractivity contribution is -0.118. The number of ketones is 1. The second-order valence-corrected chi connectivity index (χ2v) is 3.59. The van der Waals surface area contributed by atoms with Gasteiger partial charge in [0.15, 0.2) is 5.78 Å². The summed E-state index contributed by atoms with van der Waals surface area (Å²) in [5, 5.41) is 0. The first-order chi connectivity index (χ1) is 6.83. The maximum absolute atomic E-state index is 11.5. The zero-order valence-corrected chi connectivity index (χ0v) is 8.46. The molecular formula is C11H11ClO2. The van der Waals surface area contributed by atoms with Crippen molar-refractivity contribution < 1.29 is 9.53 Å². The number of fused-ring (bicyclic) bond motifs is 1. The molecule has 1 aliphatic rings. The van der Waals surface area contributed by atoms with Crippen molar-refractivity contribution in [2.45, 2.75) is 12.3 Å². The van der Waals surface area contributed by atoms with E-state index in [1.807, 2.05) is 24.3 Å². The van der Waals surface area contributed by atoms with Gasteiger partial charge in [0.05, 0.1) is 18.4 Å². The van der Waals surface area contributed by atoms with E-state index >= 15 is 0 Å². The Morgan fingerprint density at radius 2 is 2.29 bits per heavy atom. The average molecular weight is 211 g/mol. The molecule has 0 aliphatic carbocycles. The molecule has 0 radical (unpaired) electrons. The van der Waals surface area contributed by atoms with E-state index in [2.05, 4.69) is 0 Å². The SMILES string of the molecule is O=C(CCl)C1CCOc2ccccc21. The summed E-state index contributed by atoms with van der Waals surface area (Å²) in [6, 6.07) is 7.65. The van der Waals surface area contributed by atoms with E-state index in [-0.39, 0.29) is 17.6 Å². The molecule has 3 heteroatoms. The molecule has 1 atom stereocenters. The summed E-state index contributed by atoms with van der Waals surface area (Å²) in [7, 11) is 0. The van der Waals surface area contributed by atoms with Crippen LogP contribution in [0.1, 0.15) is 17.9 Å². The highest BCUT2D eigenvalue weighted by Gasteiger charge is 2.26. The fourth-order valence-electron chi connectivity index (χ4n) is 1.77. The number of hydrogen-bond acceptors (Lipinski definition) is 2. The maximum atomic E-state index is 11.5. The number of para-hydroxylation sites is 1. The van der Waals surface area contributed by atoms with Crippen LogP contribution in [0.25, 0.3) is 0 Å². The third kappa shape index (κ3) is 1.62. The van der Waals surface area contributed by atoms with E-state index < -0.39 is 0 Å². The van der Waals surface area contributed by atoms with Gasteiger partial charge in [-0.2, -0.15) is 0 Å². The Labute approximate surface area is 87.8 Å². The summed E-state index contributed by atoms with van der Waals surface area (Å²) in [5.74, 6) is 0.918. The summed E-state index contributed by atoms with van der Waals surface area (Å²) in [6.07, 6.45) is 0.739. The molecule has 1 heterocycles. The number of ether oxygens (including phenoxy) is 1. The van der Waals surface area contributed by atoms with Gasteiger partial charge < -0.3 is 4.74 Å². The number of benzene rings is 1. The molecule has 2 rings (SSSR count). The lowest BCUT2D eigenvalue weighted by Crippen LogP contribution is -2.21. The molecule has 1 aliphatic heterocycles. The fraction of sp³-hybridized carbons (Fsp3) is 0.364. The van der Waals surface area contributed by atoms with Crippen molar-refractivity contribution in [2.75, 3.05) is 12.5 Å². The molecule has 0 saturated carbocycles. The largest absolute Gasteiger partial charge is 0.493 e.